The van der Waals surface area contributed by atoms with Crippen LogP contribution in [0, 0.1) is 3.57 Å². The van der Waals surface area contributed by atoms with Crippen LogP contribution in [0.5, 0.6) is 0 Å². The van der Waals surface area contributed by atoms with E-state index in [9.17, 15) is 9.59 Å². The molecule has 0 saturated carbocycles. The van der Waals surface area contributed by atoms with E-state index in [0.717, 1.165) is 28.4 Å². The van der Waals surface area contributed by atoms with Crippen LogP contribution in [0.25, 0.3) is 0 Å². The highest BCUT2D eigenvalue weighted by Gasteiger charge is 2.28. The molecule has 0 bridgehead atoms. The molecule has 0 fully saturated rings. The second-order valence-electron chi connectivity index (χ2n) is 5.25. The second-order valence-corrected chi connectivity index (χ2v) is 7.60. The number of hydrogen-bond donors (Lipinski definition) is 1. The van der Waals surface area contributed by atoms with Crippen LogP contribution in [0.2, 0.25) is 0 Å². The van der Waals surface area contributed by atoms with Crippen LogP contribution in [-0.4, -0.2) is 18.5 Å². The van der Waals surface area contributed by atoms with Gasteiger partial charge in [-0.1, -0.05) is 6.07 Å². The summed E-state index contributed by atoms with van der Waals surface area (Å²) in [5, 5.41) is 3.51. The van der Waals surface area contributed by atoms with E-state index in [2.05, 4.69) is 27.9 Å². The molecule has 0 atom stereocenters. The van der Waals surface area contributed by atoms with Crippen molar-refractivity contribution in [3.05, 3.63) is 49.4 Å². The van der Waals surface area contributed by atoms with Crippen molar-refractivity contribution in [1.82, 2.24) is 0 Å². The fourth-order valence-electron chi connectivity index (χ4n) is 2.72. The summed E-state index contributed by atoms with van der Waals surface area (Å²) in [5.41, 5.74) is 2.18. The van der Waals surface area contributed by atoms with Gasteiger partial charge in [0.05, 0.1) is 12.2 Å². The fourth-order valence-corrected chi connectivity index (χ4v) is 4.53. The average molecular weight is 441 g/mol. The normalized spacial score (nSPS) is 12.8. The van der Waals surface area contributed by atoms with E-state index in [1.165, 1.54) is 16.2 Å². The Balaban J connectivity index is 1.91. The summed E-state index contributed by atoms with van der Waals surface area (Å²) in [5.74, 6) is -0.543. The molecule has 1 amide bonds. The minimum atomic E-state index is -0.343. The molecule has 1 aromatic heterocycles. The summed E-state index contributed by atoms with van der Waals surface area (Å²) >= 11 is 3.67. The van der Waals surface area contributed by atoms with Gasteiger partial charge in [0.1, 0.15) is 5.00 Å². The smallest absolute Gasteiger partial charge is 0.341 e. The van der Waals surface area contributed by atoms with E-state index >= 15 is 0 Å². The third kappa shape index (κ3) is 3.42. The maximum Gasteiger partial charge on any atom is 0.341 e. The van der Waals surface area contributed by atoms with Crippen molar-refractivity contribution in [3.8, 4) is 0 Å². The Morgan fingerprint density at radius 3 is 2.91 bits per heavy atom. The van der Waals surface area contributed by atoms with Crippen molar-refractivity contribution in [2.75, 3.05) is 11.9 Å². The molecule has 4 nitrogen and oxygen atoms in total. The third-order valence-electron chi connectivity index (χ3n) is 3.71. The maximum atomic E-state index is 12.5. The number of esters is 1. The van der Waals surface area contributed by atoms with E-state index in [4.69, 9.17) is 4.74 Å². The minimum absolute atomic E-state index is 0.200. The second kappa shape index (κ2) is 7.00. The SMILES string of the molecule is CCOC(=O)c1c(NC(=O)c2cccc(I)c2)sc2c1CCC2. The van der Waals surface area contributed by atoms with Crippen molar-refractivity contribution in [3.63, 3.8) is 0 Å². The molecular formula is C17H16INO3S. The molecule has 23 heavy (non-hydrogen) atoms. The van der Waals surface area contributed by atoms with Crippen LogP contribution >= 0.6 is 33.9 Å². The van der Waals surface area contributed by atoms with Crippen molar-refractivity contribution >= 4 is 50.8 Å². The van der Waals surface area contributed by atoms with Gasteiger partial charge < -0.3 is 10.1 Å². The number of rotatable bonds is 4. The lowest BCUT2D eigenvalue weighted by Gasteiger charge is -2.08. The van der Waals surface area contributed by atoms with E-state index in [0.29, 0.717) is 22.7 Å². The first-order chi connectivity index (χ1) is 11.1. The number of hydrogen-bond acceptors (Lipinski definition) is 4. The molecule has 6 heteroatoms. The Bertz CT molecular complexity index is 769. The van der Waals surface area contributed by atoms with Gasteiger partial charge in [0.2, 0.25) is 0 Å². The molecule has 1 aliphatic rings. The Labute approximate surface area is 152 Å². The van der Waals surface area contributed by atoms with Crippen LogP contribution in [-0.2, 0) is 17.6 Å². The minimum Gasteiger partial charge on any atom is -0.462 e. The van der Waals surface area contributed by atoms with Crippen molar-refractivity contribution in [2.24, 2.45) is 0 Å². The zero-order valence-corrected chi connectivity index (χ0v) is 15.6. The molecule has 2 aromatic rings. The lowest BCUT2D eigenvalue weighted by molar-refractivity contribution is 0.0527. The third-order valence-corrected chi connectivity index (χ3v) is 5.59. The van der Waals surface area contributed by atoms with Gasteiger partial charge in [-0.2, -0.15) is 0 Å². The Morgan fingerprint density at radius 1 is 1.35 bits per heavy atom. The standard InChI is InChI=1S/C17H16INO3S/c1-2-22-17(21)14-12-7-4-8-13(12)23-16(14)19-15(20)10-5-3-6-11(18)9-10/h3,5-6,9H,2,4,7-8H2,1H3,(H,19,20). The molecule has 0 saturated heterocycles. The number of fused-ring (bicyclic) bond motifs is 1. The predicted octanol–water partition coefficient (Wildman–Crippen LogP) is 4.27. The zero-order valence-electron chi connectivity index (χ0n) is 12.6. The molecule has 0 spiro atoms. The van der Waals surface area contributed by atoms with Crippen LogP contribution in [0.3, 0.4) is 0 Å². The van der Waals surface area contributed by atoms with Gasteiger partial charge in [-0.25, -0.2) is 4.79 Å². The molecular weight excluding hydrogens is 425 g/mol. The summed E-state index contributed by atoms with van der Waals surface area (Å²) in [6.45, 7) is 2.11. The highest BCUT2D eigenvalue weighted by atomic mass is 127. The quantitative estimate of drug-likeness (QED) is 0.570. The highest BCUT2D eigenvalue weighted by molar-refractivity contribution is 14.1. The first-order valence-corrected chi connectivity index (χ1v) is 9.38. The summed E-state index contributed by atoms with van der Waals surface area (Å²) in [6.07, 6.45) is 2.89. The number of nitrogens with one attached hydrogen (secondary N) is 1. The van der Waals surface area contributed by atoms with Gasteiger partial charge in [-0.15, -0.1) is 11.3 Å². The van der Waals surface area contributed by atoms with Crippen LogP contribution in [0.4, 0.5) is 5.00 Å². The predicted molar refractivity (Wildman–Crippen MR) is 99.4 cm³/mol. The molecule has 1 aliphatic carbocycles. The number of benzene rings is 1. The zero-order chi connectivity index (χ0) is 16.4. The van der Waals surface area contributed by atoms with Gasteiger partial charge in [-0.05, 0) is 72.5 Å². The van der Waals surface area contributed by atoms with Gasteiger partial charge in [-0.3, -0.25) is 4.79 Å². The average Bonchev–Trinajstić information content (AvgIpc) is 3.07. The number of carbonyl (C=O) groups is 2. The first kappa shape index (κ1) is 16.4. The topological polar surface area (TPSA) is 55.4 Å². The van der Waals surface area contributed by atoms with Gasteiger partial charge >= 0.3 is 5.97 Å². The fraction of sp³-hybridized carbons (Fsp3) is 0.294. The largest absolute Gasteiger partial charge is 0.462 e. The molecule has 0 unspecified atom stereocenters. The number of amides is 1. The van der Waals surface area contributed by atoms with E-state index < -0.39 is 0 Å². The molecule has 1 N–H and O–H groups in total. The number of carbonyl (C=O) groups excluding carboxylic acids is 2. The Hall–Kier alpha value is -1.41. The molecule has 1 aromatic carbocycles. The summed E-state index contributed by atoms with van der Waals surface area (Å²) in [6, 6.07) is 7.36. The number of anilines is 1. The highest BCUT2D eigenvalue weighted by Crippen LogP contribution is 2.39. The monoisotopic (exact) mass is 441 g/mol. The summed E-state index contributed by atoms with van der Waals surface area (Å²) in [7, 11) is 0. The maximum absolute atomic E-state index is 12.5. The van der Waals surface area contributed by atoms with Crippen LogP contribution in [0.1, 0.15) is 44.5 Å². The summed E-state index contributed by atoms with van der Waals surface area (Å²) < 4.78 is 6.17. The van der Waals surface area contributed by atoms with E-state index in [-0.39, 0.29) is 11.9 Å². The van der Waals surface area contributed by atoms with Crippen molar-refractivity contribution in [2.45, 2.75) is 26.2 Å². The Kier molecular flexibility index (Phi) is 5.01. The Morgan fingerprint density at radius 2 is 2.17 bits per heavy atom. The van der Waals surface area contributed by atoms with Gasteiger partial charge in [0, 0.05) is 14.0 Å². The van der Waals surface area contributed by atoms with Crippen LogP contribution in [0.15, 0.2) is 24.3 Å². The molecule has 0 aliphatic heterocycles. The summed E-state index contributed by atoms with van der Waals surface area (Å²) in [4.78, 5) is 25.9. The molecule has 120 valence electrons. The number of aryl methyl sites for hydroxylation is 1. The molecule has 0 radical (unpaired) electrons. The number of ether oxygens (including phenoxy) is 1. The molecule has 3 rings (SSSR count). The van der Waals surface area contributed by atoms with E-state index in [1.807, 2.05) is 18.2 Å². The van der Waals surface area contributed by atoms with Gasteiger partial charge in [0.25, 0.3) is 5.91 Å². The number of thiophene rings is 1. The lowest BCUT2D eigenvalue weighted by atomic mass is 10.1. The van der Waals surface area contributed by atoms with Crippen LogP contribution < -0.4 is 5.32 Å². The number of halogens is 1. The van der Waals surface area contributed by atoms with Gasteiger partial charge in [0.15, 0.2) is 0 Å². The van der Waals surface area contributed by atoms with Crippen molar-refractivity contribution in [1.29, 1.82) is 0 Å². The first-order valence-electron chi connectivity index (χ1n) is 7.48. The van der Waals surface area contributed by atoms with E-state index in [1.54, 1.807) is 13.0 Å². The van der Waals surface area contributed by atoms with Crippen molar-refractivity contribution < 1.29 is 14.3 Å². The molecule has 1 heterocycles. The lowest BCUT2D eigenvalue weighted by Crippen LogP contribution is -2.15.